The molecular formula is C33H38FN3O6. The van der Waals surface area contributed by atoms with Gasteiger partial charge in [0.2, 0.25) is 11.8 Å². The van der Waals surface area contributed by atoms with Gasteiger partial charge in [-0.15, -0.1) is 0 Å². The van der Waals surface area contributed by atoms with Crippen LogP contribution in [0.4, 0.5) is 9.18 Å². The highest BCUT2D eigenvalue weighted by Crippen LogP contribution is 2.22. The summed E-state index contributed by atoms with van der Waals surface area (Å²) in [6.45, 7) is 6.95. The molecule has 0 radical (unpaired) electrons. The number of nitrogens with one attached hydrogen (secondary N) is 1. The quantitative estimate of drug-likeness (QED) is 0.393. The van der Waals surface area contributed by atoms with Crippen LogP contribution in [-0.2, 0) is 36.7 Å². The number of methoxy groups -OCH3 is 1. The van der Waals surface area contributed by atoms with Gasteiger partial charge >= 0.3 is 12.1 Å². The summed E-state index contributed by atoms with van der Waals surface area (Å²) < 4.78 is 24.0. The fourth-order valence-corrected chi connectivity index (χ4v) is 5.26. The van der Waals surface area contributed by atoms with E-state index in [-0.39, 0.29) is 25.9 Å². The van der Waals surface area contributed by atoms with Gasteiger partial charge in [0.15, 0.2) is 0 Å². The lowest BCUT2D eigenvalue weighted by atomic mass is 9.98. The van der Waals surface area contributed by atoms with Gasteiger partial charge in [0.05, 0.1) is 7.11 Å². The molecule has 3 aromatic carbocycles. The van der Waals surface area contributed by atoms with Gasteiger partial charge in [-0.2, -0.15) is 0 Å². The number of carbonyl (C=O) groups is 4. The van der Waals surface area contributed by atoms with Crippen LogP contribution in [0.1, 0.15) is 38.8 Å². The van der Waals surface area contributed by atoms with Gasteiger partial charge in [-0.3, -0.25) is 9.59 Å². The number of alkyl carbamates (subject to hydrolysis) is 1. The van der Waals surface area contributed by atoms with Gasteiger partial charge in [0.1, 0.15) is 29.5 Å². The summed E-state index contributed by atoms with van der Waals surface area (Å²) in [6, 6.07) is 16.5. The largest absolute Gasteiger partial charge is 0.467 e. The van der Waals surface area contributed by atoms with E-state index in [1.54, 1.807) is 27.7 Å². The first-order chi connectivity index (χ1) is 20.4. The molecule has 4 rings (SSSR count). The van der Waals surface area contributed by atoms with Crippen molar-refractivity contribution in [2.45, 2.75) is 64.3 Å². The second kappa shape index (κ2) is 13.2. The zero-order chi connectivity index (χ0) is 31.3. The third-order valence-electron chi connectivity index (χ3n) is 7.41. The summed E-state index contributed by atoms with van der Waals surface area (Å²) >= 11 is 0. The van der Waals surface area contributed by atoms with Crippen LogP contribution in [0, 0.1) is 5.82 Å². The molecule has 0 aliphatic carbocycles. The Morgan fingerprint density at radius 2 is 1.60 bits per heavy atom. The van der Waals surface area contributed by atoms with Crippen molar-refractivity contribution in [3.8, 4) is 0 Å². The normalized spacial score (nSPS) is 16.9. The van der Waals surface area contributed by atoms with Gasteiger partial charge in [0, 0.05) is 25.9 Å². The van der Waals surface area contributed by atoms with E-state index in [4.69, 9.17) is 9.47 Å². The number of hydrogen-bond donors (Lipinski definition) is 1. The number of halogens is 1. The zero-order valence-electron chi connectivity index (χ0n) is 25.1. The molecule has 3 atom stereocenters. The smallest absolute Gasteiger partial charge is 0.408 e. The Morgan fingerprint density at radius 3 is 2.26 bits per heavy atom. The van der Waals surface area contributed by atoms with Crippen molar-refractivity contribution in [2.24, 2.45) is 0 Å². The Labute approximate surface area is 250 Å². The van der Waals surface area contributed by atoms with Crippen LogP contribution in [0.5, 0.6) is 0 Å². The van der Waals surface area contributed by atoms with Gasteiger partial charge in [-0.25, -0.2) is 14.0 Å². The van der Waals surface area contributed by atoms with E-state index in [1.165, 1.54) is 41.2 Å². The third-order valence-corrected chi connectivity index (χ3v) is 7.41. The van der Waals surface area contributed by atoms with Crippen molar-refractivity contribution >= 4 is 34.6 Å². The van der Waals surface area contributed by atoms with E-state index < -0.39 is 53.4 Å². The molecule has 1 N–H and O–H groups in total. The first-order valence-electron chi connectivity index (χ1n) is 14.3. The molecule has 0 unspecified atom stereocenters. The van der Waals surface area contributed by atoms with Crippen LogP contribution < -0.4 is 5.32 Å². The van der Waals surface area contributed by atoms with Crippen LogP contribution in [0.15, 0.2) is 66.7 Å². The predicted octanol–water partition coefficient (Wildman–Crippen LogP) is 4.26. The number of esters is 1. The third kappa shape index (κ3) is 7.88. The molecule has 3 amide bonds. The lowest BCUT2D eigenvalue weighted by molar-refractivity contribution is -0.161. The molecule has 0 bridgehead atoms. The summed E-state index contributed by atoms with van der Waals surface area (Å²) in [5, 5.41) is 4.71. The molecule has 1 saturated heterocycles. The van der Waals surface area contributed by atoms with Crippen LogP contribution in [0.3, 0.4) is 0 Å². The van der Waals surface area contributed by atoms with E-state index in [0.29, 0.717) is 5.56 Å². The van der Waals surface area contributed by atoms with Crippen LogP contribution >= 0.6 is 0 Å². The van der Waals surface area contributed by atoms with Crippen molar-refractivity contribution in [3.05, 3.63) is 83.7 Å². The van der Waals surface area contributed by atoms with E-state index in [1.807, 2.05) is 42.5 Å². The van der Waals surface area contributed by atoms with Gasteiger partial charge < -0.3 is 24.6 Å². The van der Waals surface area contributed by atoms with Crippen molar-refractivity contribution in [2.75, 3.05) is 20.2 Å². The van der Waals surface area contributed by atoms with E-state index >= 15 is 0 Å². The molecular weight excluding hydrogens is 553 g/mol. The number of amides is 3. The molecule has 0 aromatic heterocycles. The lowest BCUT2D eigenvalue weighted by Crippen LogP contribution is -2.64. The number of ether oxygens (including phenoxy) is 2. The zero-order valence-corrected chi connectivity index (χ0v) is 25.1. The molecule has 0 spiro atoms. The SMILES string of the molecule is COC(=O)[C@H](Cc1ccc2ccccc2c1)N1CCN(C(=O)[C@@H](Cc2ccc(F)cc2)NC(=O)OC(C)(C)C)[C@@H](C)C1=O. The number of rotatable bonds is 8. The molecule has 3 aromatic rings. The maximum Gasteiger partial charge on any atom is 0.408 e. The highest BCUT2D eigenvalue weighted by molar-refractivity contribution is 5.94. The second-order valence-corrected chi connectivity index (χ2v) is 11.7. The topological polar surface area (TPSA) is 105 Å². The molecule has 10 heteroatoms. The molecule has 9 nitrogen and oxygen atoms in total. The van der Waals surface area contributed by atoms with E-state index in [2.05, 4.69) is 5.32 Å². The standard InChI is InChI=1S/C33H38FN3O6/c1-21-29(38)37(28(31(40)42-5)20-23-10-13-24-8-6-7-9-25(24)18-23)17-16-36(21)30(39)27(35-32(41)43-33(2,3)4)19-22-11-14-26(34)15-12-22/h6-15,18,21,27-28H,16-17,19-20H2,1-5H3,(H,35,41)/t21-,27+,28-/m0/s1. The average Bonchev–Trinajstić information content (AvgIpc) is 2.96. The molecule has 0 saturated carbocycles. The minimum Gasteiger partial charge on any atom is -0.467 e. The highest BCUT2D eigenvalue weighted by Gasteiger charge is 2.42. The first kappa shape index (κ1) is 31.5. The number of carbonyl (C=O) groups excluding carboxylic acids is 4. The fourth-order valence-electron chi connectivity index (χ4n) is 5.26. The Bertz CT molecular complexity index is 1490. The summed E-state index contributed by atoms with van der Waals surface area (Å²) in [4.78, 5) is 56.0. The summed E-state index contributed by atoms with van der Waals surface area (Å²) in [7, 11) is 1.28. The van der Waals surface area contributed by atoms with Crippen molar-refractivity contribution in [1.29, 1.82) is 0 Å². The molecule has 1 aliphatic heterocycles. The van der Waals surface area contributed by atoms with E-state index in [0.717, 1.165) is 16.3 Å². The lowest BCUT2D eigenvalue weighted by Gasteiger charge is -2.42. The Morgan fingerprint density at radius 1 is 0.953 bits per heavy atom. The first-order valence-corrected chi connectivity index (χ1v) is 14.3. The number of fused-ring (bicyclic) bond motifs is 1. The van der Waals surface area contributed by atoms with E-state index in [9.17, 15) is 23.6 Å². The van der Waals surface area contributed by atoms with Gasteiger partial charge in [0.25, 0.3) is 0 Å². The highest BCUT2D eigenvalue weighted by atomic mass is 19.1. The van der Waals surface area contributed by atoms with Crippen LogP contribution in [0.2, 0.25) is 0 Å². The number of hydrogen-bond acceptors (Lipinski definition) is 6. The Hall–Kier alpha value is -4.47. The van der Waals surface area contributed by atoms with Crippen molar-refractivity contribution < 1.29 is 33.0 Å². The average molecular weight is 592 g/mol. The van der Waals surface area contributed by atoms with Crippen molar-refractivity contribution in [1.82, 2.24) is 15.1 Å². The predicted molar refractivity (Wildman–Crippen MR) is 160 cm³/mol. The van der Waals surface area contributed by atoms with Crippen molar-refractivity contribution in [3.63, 3.8) is 0 Å². The summed E-state index contributed by atoms with van der Waals surface area (Å²) in [5.74, 6) is -1.87. The minimum absolute atomic E-state index is 0.0617. The summed E-state index contributed by atoms with van der Waals surface area (Å²) in [5.41, 5.74) is 0.694. The molecule has 1 heterocycles. The van der Waals surface area contributed by atoms with Gasteiger partial charge in [-0.05, 0) is 61.7 Å². The van der Waals surface area contributed by atoms with Gasteiger partial charge in [-0.1, -0.05) is 54.6 Å². The van der Waals surface area contributed by atoms with Crippen LogP contribution in [0.25, 0.3) is 10.8 Å². The Balaban J connectivity index is 1.53. The minimum atomic E-state index is -1.07. The molecule has 228 valence electrons. The molecule has 1 fully saturated rings. The second-order valence-electron chi connectivity index (χ2n) is 11.7. The molecule has 43 heavy (non-hydrogen) atoms. The number of nitrogens with zero attached hydrogens (tertiary/aromatic N) is 2. The fraction of sp³-hybridized carbons (Fsp3) is 0.394. The monoisotopic (exact) mass is 591 g/mol. The molecule has 1 aliphatic rings. The Kier molecular flexibility index (Phi) is 9.68. The van der Waals surface area contributed by atoms with Crippen LogP contribution in [-0.4, -0.2) is 77.6 Å². The summed E-state index contributed by atoms with van der Waals surface area (Å²) in [6.07, 6.45) is -0.476. The maximum absolute atomic E-state index is 13.8. The maximum atomic E-state index is 13.8. The number of piperazine rings is 1. The number of benzene rings is 3.